The number of amides is 3. The number of piperazine rings is 1. The molecule has 0 radical (unpaired) electrons. The van der Waals surface area contributed by atoms with Gasteiger partial charge >= 0.3 is 0 Å². The molecule has 1 saturated heterocycles. The van der Waals surface area contributed by atoms with Crippen molar-refractivity contribution < 1.29 is 14.4 Å². The predicted molar refractivity (Wildman–Crippen MR) is 110 cm³/mol. The summed E-state index contributed by atoms with van der Waals surface area (Å²) in [6, 6.07) is 9.13. The first-order chi connectivity index (χ1) is 13.5. The van der Waals surface area contributed by atoms with Gasteiger partial charge in [-0.15, -0.1) is 0 Å². The van der Waals surface area contributed by atoms with Crippen molar-refractivity contribution in [1.29, 1.82) is 0 Å². The van der Waals surface area contributed by atoms with Crippen molar-refractivity contribution in [3.63, 3.8) is 0 Å². The molecule has 1 aliphatic heterocycles. The van der Waals surface area contributed by atoms with Gasteiger partial charge in [0.2, 0.25) is 17.7 Å². The summed E-state index contributed by atoms with van der Waals surface area (Å²) in [6.07, 6.45) is 3.27. The first-order valence-corrected chi connectivity index (χ1v) is 10.4. The van der Waals surface area contributed by atoms with Gasteiger partial charge in [-0.2, -0.15) is 0 Å². The monoisotopic (exact) mass is 387 g/mol. The first-order valence-electron chi connectivity index (χ1n) is 10.4. The predicted octanol–water partition coefficient (Wildman–Crippen LogP) is 2.37. The molecule has 3 amide bonds. The SMILES string of the molecule is CCCCC(=O)N1CCN(C(=O)C(Cc2ccccc2)NC(=O)CC)CC1C. The number of hydrogen-bond donors (Lipinski definition) is 1. The Balaban J connectivity index is 2.03. The molecular formula is C22H33N3O3. The molecule has 6 nitrogen and oxygen atoms in total. The molecule has 1 N–H and O–H groups in total. The summed E-state index contributed by atoms with van der Waals surface area (Å²) in [4.78, 5) is 41.2. The largest absolute Gasteiger partial charge is 0.344 e. The normalized spacial score (nSPS) is 17.9. The lowest BCUT2D eigenvalue weighted by Gasteiger charge is -2.41. The molecule has 6 heteroatoms. The number of rotatable bonds is 8. The minimum absolute atomic E-state index is 0.0127. The van der Waals surface area contributed by atoms with Gasteiger partial charge in [0.25, 0.3) is 0 Å². The Labute approximate surface area is 168 Å². The molecule has 0 aliphatic carbocycles. The van der Waals surface area contributed by atoms with E-state index < -0.39 is 6.04 Å². The van der Waals surface area contributed by atoms with E-state index in [1.54, 1.807) is 11.8 Å². The summed E-state index contributed by atoms with van der Waals surface area (Å²) in [6.45, 7) is 7.40. The lowest BCUT2D eigenvalue weighted by molar-refractivity contribution is -0.144. The molecular weight excluding hydrogens is 354 g/mol. The number of benzene rings is 1. The summed E-state index contributed by atoms with van der Waals surface area (Å²) < 4.78 is 0. The van der Waals surface area contributed by atoms with Crippen LogP contribution in [0.4, 0.5) is 0 Å². The Hall–Kier alpha value is -2.37. The van der Waals surface area contributed by atoms with Gasteiger partial charge in [-0.05, 0) is 18.9 Å². The summed E-state index contributed by atoms with van der Waals surface area (Å²) in [5, 5.41) is 2.88. The third kappa shape index (κ3) is 6.08. The minimum atomic E-state index is -0.579. The summed E-state index contributed by atoms with van der Waals surface area (Å²) in [7, 11) is 0. The average molecular weight is 388 g/mol. The molecule has 2 atom stereocenters. The molecule has 28 heavy (non-hydrogen) atoms. The molecule has 0 aromatic heterocycles. The summed E-state index contributed by atoms with van der Waals surface area (Å²) in [5.41, 5.74) is 1.01. The first kappa shape index (κ1) is 21.9. The van der Waals surface area contributed by atoms with E-state index in [2.05, 4.69) is 12.2 Å². The molecule has 1 heterocycles. The van der Waals surface area contributed by atoms with Crippen LogP contribution in [0.1, 0.15) is 52.0 Å². The van der Waals surface area contributed by atoms with E-state index >= 15 is 0 Å². The Morgan fingerprint density at radius 3 is 2.46 bits per heavy atom. The second-order valence-corrected chi connectivity index (χ2v) is 7.49. The van der Waals surface area contributed by atoms with Crippen LogP contribution in [0.15, 0.2) is 30.3 Å². The molecule has 1 fully saturated rings. The van der Waals surface area contributed by atoms with E-state index in [0.717, 1.165) is 18.4 Å². The highest BCUT2D eigenvalue weighted by Gasteiger charge is 2.33. The van der Waals surface area contributed by atoms with E-state index in [-0.39, 0.29) is 23.8 Å². The van der Waals surface area contributed by atoms with Crippen molar-refractivity contribution in [3.8, 4) is 0 Å². The van der Waals surface area contributed by atoms with Gasteiger partial charge in [0.15, 0.2) is 0 Å². The molecule has 154 valence electrons. The molecule has 0 saturated carbocycles. The lowest BCUT2D eigenvalue weighted by atomic mass is 10.0. The fraction of sp³-hybridized carbons (Fsp3) is 0.591. The quantitative estimate of drug-likeness (QED) is 0.745. The zero-order valence-corrected chi connectivity index (χ0v) is 17.3. The molecule has 1 aromatic rings. The van der Waals surface area contributed by atoms with Crippen LogP contribution in [0.25, 0.3) is 0 Å². The number of nitrogens with one attached hydrogen (secondary N) is 1. The number of nitrogens with zero attached hydrogens (tertiary/aromatic N) is 2. The van der Waals surface area contributed by atoms with Gasteiger partial charge in [0.1, 0.15) is 6.04 Å². The fourth-order valence-electron chi connectivity index (χ4n) is 3.57. The molecule has 0 spiro atoms. The van der Waals surface area contributed by atoms with Crippen LogP contribution in [0, 0.1) is 0 Å². The van der Waals surface area contributed by atoms with Crippen LogP contribution < -0.4 is 5.32 Å². The van der Waals surface area contributed by atoms with Crippen LogP contribution in [-0.2, 0) is 20.8 Å². The second kappa shape index (κ2) is 10.8. The van der Waals surface area contributed by atoms with Crippen molar-refractivity contribution in [2.24, 2.45) is 0 Å². The maximum Gasteiger partial charge on any atom is 0.245 e. The topological polar surface area (TPSA) is 69.7 Å². The van der Waals surface area contributed by atoms with Gasteiger partial charge < -0.3 is 15.1 Å². The van der Waals surface area contributed by atoms with Crippen LogP contribution >= 0.6 is 0 Å². The number of carbonyl (C=O) groups is 3. The lowest BCUT2D eigenvalue weighted by Crippen LogP contribution is -2.59. The highest BCUT2D eigenvalue weighted by Crippen LogP contribution is 2.15. The van der Waals surface area contributed by atoms with E-state index in [9.17, 15) is 14.4 Å². The summed E-state index contributed by atoms with van der Waals surface area (Å²) in [5.74, 6) is -0.0320. The van der Waals surface area contributed by atoms with E-state index in [1.165, 1.54) is 0 Å². The van der Waals surface area contributed by atoms with Gasteiger partial charge in [0, 0.05) is 44.9 Å². The molecule has 0 bridgehead atoms. The highest BCUT2D eigenvalue weighted by molar-refractivity contribution is 5.88. The number of hydrogen-bond acceptors (Lipinski definition) is 3. The van der Waals surface area contributed by atoms with E-state index in [0.29, 0.717) is 38.9 Å². The average Bonchev–Trinajstić information content (AvgIpc) is 2.71. The van der Waals surface area contributed by atoms with E-state index in [4.69, 9.17) is 0 Å². The zero-order chi connectivity index (χ0) is 20.5. The van der Waals surface area contributed by atoms with Crippen molar-refractivity contribution in [2.75, 3.05) is 19.6 Å². The van der Waals surface area contributed by atoms with E-state index in [1.807, 2.05) is 42.2 Å². The standard InChI is InChI=1S/C22H33N3O3/c1-4-6-12-21(27)25-14-13-24(16-17(25)3)22(28)19(23-20(26)5-2)15-18-10-8-7-9-11-18/h7-11,17,19H,4-6,12-16H2,1-3H3,(H,23,26). The number of carbonyl (C=O) groups excluding carboxylic acids is 3. The maximum atomic E-state index is 13.2. The third-order valence-corrected chi connectivity index (χ3v) is 5.24. The van der Waals surface area contributed by atoms with Crippen LogP contribution in [-0.4, -0.2) is 59.2 Å². The van der Waals surface area contributed by atoms with Gasteiger partial charge in [0.05, 0.1) is 0 Å². The van der Waals surface area contributed by atoms with Crippen LogP contribution in [0.2, 0.25) is 0 Å². The Bertz CT molecular complexity index is 662. The molecule has 2 rings (SSSR count). The Kier molecular flexibility index (Phi) is 8.48. The maximum absolute atomic E-state index is 13.2. The highest BCUT2D eigenvalue weighted by atomic mass is 16.2. The van der Waals surface area contributed by atoms with Gasteiger partial charge in [-0.3, -0.25) is 14.4 Å². The van der Waals surface area contributed by atoms with Crippen LogP contribution in [0.3, 0.4) is 0 Å². The van der Waals surface area contributed by atoms with Crippen LogP contribution in [0.5, 0.6) is 0 Å². The third-order valence-electron chi connectivity index (χ3n) is 5.24. The van der Waals surface area contributed by atoms with Gasteiger partial charge in [-0.25, -0.2) is 0 Å². The molecule has 1 aromatic carbocycles. The Morgan fingerprint density at radius 1 is 1.14 bits per heavy atom. The number of unbranched alkanes of at least 4 members (excludes halogenated alkanes) is 1. The Morgan fingerprint density at radius 2 is 1.86 bits per heavy atom. The van der Waals surface area contributed by atoms with Gasteiger partial charge in [-0.1, -0.05) is 50.6 Å². The minimum Gasteiger partial charge on any atom is -0.344 e. The van der Waals surface area contributed by atoms with Crippen molar-refractivity contribution in [1.82, 2.24) is 15.1 Å². The molecule has 2 unspecified atom stereocenters. The molecule has 1 aliphatic rings. The summed E-state index contributed by atoms with van der Waals surface area (Å²) >= 11 is 0. The fourth-order valence-corrected chi connectivity index (χ4v) is 3.57. The zero-order valence-electron chi connectivity index (χ0n) is 17.3. The second-order valence-electron chi connectivity index (χ2n) is 7.49. The van der Waals surface area contributed by atoms with Crippen molar-refractivity contribution in [2.45, 2.75) is 65.0 Å². The van der Waals surface area contributed by atoms with Crippen molar-refractivity contribution in [3.05, 3.63) is 35.9 Å². The smallest absolute Gasteiger partial charge is 0.245 e. The van der Waals surface area contributed by atoms with Crippen molar-refractivity contribution >= 4 is 17.7 Å².